The maximum Gasteiger partial charge on any atom is 0.261 e. The lowest BCUT2D eigenvalue weighted by Gasteiger charge is -2.16. The summed E-state index contributed by atoms with van der Waals surface area (Å²) in [6, 6.07) is 6.79. The quantitative estimate of drug-likeness (QED) is 0.898. The molecule has 1 fully saturated rings. The van der Waals surface area contributed by atoms with Crippen LogP contribution in [0.5, 0.6) is 0 Å². The summed E-state index contributed by atoms with van der Waals surface area (Å²) >= 11 is 0. The van der Waals surface area contributed by atoms with E-state index in [9.17, 15) is 9.59 Å². The summed E-state index contributed by atoms with van der Waals surface area (Å²) in [6.07, 6.45) is 5.49. The van der Waals surface area contributed by atoms with Crippen LogP contribution in [0.3, 0.4) is 0 Å². The molecule has 0 aromatic carbocycles. The Bertz CT molecular complexity index is 687. The molecule has 0 saturated carbocycles. The van der Waals surface area contributed by atoms with Crippen molar-refractivity contribution in [2.24, 2.45) is 0 Å². The molecule has 2 aromatic heterocycles. The molecular formula is C15H16N4O2. The van der Waals surface area contributed by atoms with Gasteiger partial charge in [-0.25, -0.2) is 4.98 Å². The van der Waals surface area contributed by atoms with Crippen molar-refractivity contribution in [1.29, 1.82) is 0 Å². The molecule has 0 radical (unpaired) electrons. The number of carbonyl (C=O) groups is 1. The van der Waals surface area contributed by atoms with E-state index in [0.29, 0.717) is 5.69 Å². The van der Waals surface area contributed by atoms with Crippen molar-refractivity contribution < 1.29 is 4.79 Å². The Morgan fingerprint density at radius 1 is 1.24 bits per heavy atom. The average Bonchev–Trinajstić information content (AvgIpc) is 3.02. The number of hydrogen-bond donors (Lipinski definition) is 2. The number of aromatic amines is 1. The SMILES string of the molecule is O=C(Nc1ccc(N2CCCC2)nc1)c1ccc[nH]c1=O. The van der Waals surface area contributed by atoms with Crippen LogP contribution in [0.2, 0.25) is 0 Å². The first-order valence-corrected chi connectivity index (χ1v) is 6.94. The van der Waals surface area contributed by atoms with E-state index in [-0.39, 0.29) is 5.56 Å². The van der Waals surface area contributed by atoms with Gasteiger partial charge in [-0.05, 0) is 37.1 Å². The van der Waals surface area contributed by atoms with Gasteiger partial charge < -0.3 is 15.2 Å². The highest BCUT2D eigenvalue weighted by Gasteiger charge is 2.14. The van der Waals surface area contributed by atoms with Gasteiger partial charge in [0.2, 0.25) is 0 Å². The van der Waals surface area contributed by atoms with Crippen LogP contribution in [-0.4, -0.2) is 29.0 Å². The minimum atomic E-state index is -0.437. The number of H-pyrrole nitrogens is 1. The van der Waals surface area contributed by atoms with Crippen molar-refractivity contribution in [2.75, 3.05) is 23.3 Å². The Labute approximate surface area is 121 Å². The molecule has 3 rings (SSSR count). The van der Waals surface area contributed by atoms with E-state index < -0.39 is 11.5 Å². The molecule has 2 aromatic rings. The van der Waals surface area contributed by atoms with E-state index in [1.54, 1.807) is 18.3 Å². The van der Waals surface area contributed by atoms with Crippen LogP contribution in [0.4, 0.5) is 11.5 Å². The zero-order chi connectivity index (χ0) is 14.7. The summed E-state index contributed by atoms with van der Waals surface area (Å²) < 4.78 is 0. The van der Waals surface area contributed by atoms with Gasteiger partial charge >= 0.3 is 0 Å². The van der Waals surface area contributed by atoms with Crippen molar-refractivity contribution in [3.05, 3.63) is 52.6 Å². The van der Waals surface area contributed by atoms with Crippen LogP contribution in [0.15, 0.2) is 41.5 Å². The molecule has 3 heterocycles. The molecule has 0 atom stereocenters. The Kier molecular flexibility index (Phi) is 3.68. The topological polar surface area (TPSA) is 78.1 Å². The van der Waals surface area contributed by atoms with Gasteiger partial charge in [0.15, 0.2) is 0 Å². The van der Waals surface area contributed by atoms with Gasteiger partial charge in [-0.1, -0.05) is 0 Å². The standard InChI is InChI=1S/C15H16N4O2/c20-14-12(4-3-7-16-14)15(21)18-11-5-6-13(17-10-11)19-8-1-2-9-19/h3-7,10H,1-2,8-9H2,(H,16,20)(H,18,21). The zero-order valence-electron chi connectivity index (χ0n) is 11.5. The Balaban J connectivity index is 1.72. The minimum Gasteiger partial charge on any atom is -0.357 e. The van der Waals surface area contributed by atoms with E-state index in [2.05, 4.69) is 20.2 Å². The van der Waals surface area contributed by atoms with Crippen molar-refractivity contribution in [3.63, 3.8) is 0 Å². The number of pyridine rings is 2. The monoisotopic (exact) mass is 284 g/mol. The highest BCUT2D eigenvalue weighted by Crippen LogP contribution is 2.19. The first-order chi connectivity index (χ1) is 10.2. The van der Waals surface area contributed by atoms with E-state index in [1.807, 2.05) is 6.07 Å². The van der Waals surface area contributed by atoms with Crippen molar-refractivity contribution >= 4 is 17.4 Å². The van der Waals surface area contributed by atoms with E-state index in [0.717, 1.165) is 18.9 Å². The lowest BCUT2D eigenvalue weighted by Crippen LogP contribution is -2.23. The van der Waals surface area contributed by atoms with Crippen LogP contribution in [0.1, 0.15) is 23.2 Å². The van der Waals surface area contributed by atoms with Gasteiger partial charge in [-0.3, -0.25) is 9.59 Å². The molecule has 0 spiro atoms. The molecule has 0 aliphatic carbocycles. The predicted molar refractivity (Wildman–Crippen MR) is 80.7 cm³/mol. The van der Waals surface area contributed by atoms with Gasteiger partial charge in [0.25, 0.3) is 11.5 Å². The molecule has 0 unspecified atom stereocenters. The summed E-state index contributed by atoms with van der Waals surface area (Å²) in [5, 5.41) is 2.68. The Morgan fingerprint density at radius 3 is 2.71 bits per heavy atom. The molecule has 6 heteroatoms. The summed E-state index contributed by atoms with van der Waals surface area (Å²) in [4.78, 5) is 32.6. The third kappa shape index (κ3) is 2.94. The van der Waals surface area contributed by atoms with Gasteiger partial charge in [-0.2, -0.15) is 0 Å². The molecule has 1 amide bonds. The number of anilines is 2. The lowest BCUT2D eigenvalue weighted by molar-refractivity contribution is 0.102. The fraction of sp³-hybridized carbons (Fsp3) is 0.267. The van der Waals surface area contributed by atoms with Gasteiger partial charge in [0, 0.05) is 19.3 Å². The first-order valence-electron chi connectivity index (χ1n) is 6.94. The number of aromatic nitrogens is 2. The van der Waals surface area contributed by atoms with Crippen molar-refractivity contribution in [2.45, 2.75) is 12.8 Å². The summed E-state index contributed by atoms with van der Waals surface area (Å²) in [6.45, 7) is 2.05. The highest BCUT2D eigenvalue weighted by molar-refractivity contribution is 6.03. The Hall–Kier alpha value is -2.63. The molecular weight excluding hydrogens is 268 g/mol. The highest BCUT2D eigenvalue weighted by atomic mass is 16.2. The van der Waals surface area contributed by atoms with Gasteiger partial charge in [0.05, 0.1) is 11.9 Å². The van der Waals surface area contributed by atoms with Crippen molar-refractivity contribution in [3.8, 4) is 0 Å². The van der Waals surface area contributed by atoms with E-state index in [4.69, 9.17) is 0 Å². The zero-order valence-corrected chi connectivity index (χ0v) is 11.5. The molecule has 0 bridgehead atoms. The summed E-state index contributed by atoms with van der Waals surface area (Å²) in [5.41, 5.74) is 0.254. The van der Waals surface area contributed by atoms with Crippen LogP contribution < -0.4 is 15.8 Å². The number of nitrogens with one attached hydrogen (secondary N) is 2. The number of amides is 1. The summed E-state index contributed by atoms with van der Waals surface area (Å²) in [5.74, 6) is 0.482. The maximum absolute atomic E-state index is 12.0. The second kappa shape index (κ2) is 5.78. The van der Waals surface area contributed by atoms with Crippen molar-refractivity contribution in [1.82, 2.24) is 9.97 Å². The summed E-state index contributed by atoms with van der Waals surface area (Å²) in [7, 11) is 0. The molecule has 2 N–H and O–H groups in total. The number of hydrogen-bond acceptors (Lipinski definition) is 4. The second-order valence-corrected chi connectivity index (χ2v) is 4.97. The molecule has 1 saturated heterocycles. The lowest BCUT2D eigenvalue weighted by atomic mass is 10.2. The fourth-order valence-electron chi connectivity index (χ4n) is 2.39. The molecule has 108 valence electrons. The third-order valence-corrected chi connectivity index (χ3v) is 3.50. The number of carbonyl (C=O) groups excluding carboxylic acids is 1. The van der Waals surface area contributed by atoms with E-state index in [1.165, 1.54) is 25.1 Å². The Morgan fingerprint density at radius 2 is 2.05 bits per heavy atom. The van der Waals surface area contributed by atoms with Gasteiger partial charge in [-0.15, -0.1) is 0 Å². The third-order valence-electron chi connectivity index (χ3n) is 3.50. The predicted octanol–water partition coefficient (Wildman–Crippen LogP) is 1.62. The smallest absolute Gasteiger partial charge is 0.261 e. The van der Waals surface area contributed by atoms with Crippen LogP contribution in [0.25, 0.3) is 0 Å². The minimum absolute atomic E-state index is 0.0844. The fourth-order valence-corrected chi connectivity index (χ4v) is 2.39. The van der Waals surface area contributed by atoms with Gasteiger partial charge in [0.1, 0.15) is 11.4 Å². The van der Waals surface area contributed by atoms with Crippen LogP contribution >= 0.6 is 0 Å². The molecule has 21 heavy (non-hydrogen) atoms. The normalized spacial score (nSPS) is 14.2. The number of nitrogens with zero attached hydrogens (tertiary/aromatic N) is 2. The largest absolute Gasteiger partial charge is 0.357 e. The second-order valence-electron chi connectivity index (χ2n) is 4.97. The maximum atomic E-state index is 12.0. The van der Waals surface area contributed by atoms with E-state index >= 15 is 0 Å². The molecule has 6 nitrogen and oxygen atoms in total. The van der Waals surface area contributed by atoms with Crippen LogP contribution in [-0.2, 0) is 0 Å². The first kappa shape index (κ1) is 13.4. The molecule has 1 aliphatic heterocycles. The number of rotatable bonds is 3. The van der Waals surface area contributed by atoms with Crippen LogP contribution in [0, 0.1) is 0 Å². The molecule has 1 aliphatic rings. The average molecular weight is 284 g/mol.